The van der Waals surface area contributed by atoms with Crippen molar-refractivity contribution in [1.82, 2.24) is 5.32 Å². The van der Waals surface area contributed by atoms with Gasteiger partial charge in [-0.2, -0.15) is 0 Å². The Hall–Kier alpha value is -1.66. The summed E-state index contributed by atoms with van der Waals surface area (Å²) in [6.45, 7) is 2.21. The molecule has 1 aromatic carbocycles. The van der Waals surface area contributed by atoms with Gasteiger partial charge in [-0.1, -0.05) is 6.07 Å². The molecule has 1 aromatic rings. The normalized spacial score (nSPS) is 13.7. The molecule has 0 saturated carbocycles. The van der Waals surface area contributed by atoms with Crippen LogP contribution in [0.4, 0.5) is 4.39 Å². The number of hydrogen-bond donors (Lipinski definition) is 2. The Morgan fingerprint density at radius 1 is 1.53 bits per heavy atom. The molecule has 2 atom stereocenters. The predicted octanol–water partition coefficient (Wildman–Crippen LogP) is 0.683. The van der Waals surface area contributed by atoms with E-state index in [4.69, 9.17) is 15.2 Å². The molecule has 5 nitrogen and oxygen atoms in total. The minimum absolute atomic E-state index is 0.158. The number of carbonyl (C=O) groups is 1. The average Bonchev–Trinajstić information content (AvgIpc) is 2.36. The summed E-state index contributed by atoms with van der Waals surface area (Å²) in [6.07, 6.45) is -0.291. The Morgan fingerprint density at radius 2 is 2.26 bits per heavy atom. The highest BCUT2D eigenvalue weighted by Gasteiger charge is 2.14. The number of nitrogens with two attached hydrogens (primary N) is 1. The van der Waals surface area contributed by atoms with E-state index in [1.54, 1.807) is 19.1 Å². The van der Waals surface area contributed by atoms with Gasteiger partial charge in [-0.05, 0) is 19.1 Å². The van der Waals surface area contributed by atoms with Gasteiger partial charge in [0, 0.05) is 13.2 Å². The summed E-state index contributed by atoms with van der Waals surface area (Å²) in [5, 5.41) is 2.64. The van der Waals surface area contributed by atoms with Crippen molar-refractivity contribution in [2.45, 2.75) is 19.1 Å². The van der Waals surface area contributed by atoms with Gasteiger partial charge in [0.25, 0.3) is 0 Å². The molecule has 0 radical (unpaired) electrons. The summed E-state index contributed by atoms with van der Waals surface area (Å²) in [5.41, 5.74) is 5.56. The third kappa shape index (κ3) is 5.67. The predicted molar refractivity (Wildman–Crippen MR) is 69.4 cm³/mol. The summed E-state index contributed by atoms with van der Waals surface area (Å²) in [6, 6.07) is 5.13. The van der Waals surface area contributed by atoms with Crippen molar-refractivity contribution < 1.29 is 18.7 Å². The lowest BCUT2D eigenvalue weighted by atomic mass is 10.3. The highest BCUT2D eigenvalue weighted by atomic mass is 19.1. The molecule has 19 heavy (non-hydrogen) atoms. The lowest BCUT2D eigenvalue weighted by Gasteiger charge is -2.17. The fraction of sp³-hybridized carbons (Fsp3) is 0.462. The molecule has 0 saturated heterocycles. The van der Waals surface area contributed by atoms with Crippen molar-refractivity contribution in [3.8, 4) is 5.75 Å². The number of halogens is 1. The monoisotopic (exact) mass is 270 g/mol. The first-order valence-electron chi connectivity index (χ1n) is 5.97. The van der Waals surface area contributed by atoms with Crippen LogP contribution < -0.4 is 15.8 Å². The number of hydrogen-bond acceptors (Lipinski definition) is 4. The fourth-order valence-electron chi connectivity index (χ4n) is 1.44. The van der Waals surface area contributed by atoms with E-state index in [1.807, 2.05) is 0 Å². The van der Waals surface area contributed by atoms with Crippen LogP contribution in [0.15, 0.2) is 24.3 Å². The molecule has 0 fully saturated rings. The van der Waals surface area contributed by atoms with Crippen LogP contribution in [0.3, 0.4) is 0 Å². The van der Waals surface area contributed by atoms with Crippen LogP contribution in [-0.4, -0.2) is 38.3 Å². The zero-order chi connectivity index (χ0) is 14.3. The lowest BCUT2D eigenvalue weighted by molar-refractivity contribution is -0.123. The number of carbonyl (C=O) groups excluding carboxylic acids is 1. The van der Waals surface area contributed by atoms with Gasteiger partial charge in [0.15, 0.2) is 0 Å². The largest absolute Gasteiger partial charge is 0.489 e. The van der Waals surface area contributed by atoms with Gasteiger partial charge < -0.3 is 20.5 Å². The van der Waals surface area contributed by atoms with Crippen molar-refractivity contribution in [1.29, 1.82) is 0 Å². The van der Waals surface area contributed by atoms with E-state index in [9.17, 15) is 9.18 Å². The second-order valence-electron chi connectivity index (χ2n) is 4.19. The van der Waals surface area contributed by atoms with E-state index < -0.39 is 6.04 Å². The second kappa shape index (κ2) is 7.70. The smallest absolute Gasteiger partial charge is 0.239 e. The Kier molecular flexibility index (Phi) is 6.24. The quantitative estimate of drug-likeness (QED) is 0.764. The topological polar surface area (TPSA) is 73.6 Å². The number of benzene rings is 1. The van der Waals surface area contributed by atoms with Gasteiger partial charge >= 0.3 is 0 Å². The Balaban J connectivity index is 2.35. The maximum Gasteiger partial charge on any atom is 0.239 e. The molecule has 0 aromatic heterocycles. The van der Waals surface area contributed by atoms with Crippen molar-refractivity contribution >= 4 is 5.91 Å². The van der Waals surface area contributed by atoms with Crippen molar-refractivity contribution in [3.05, 3.63) is 30.1 Å². The van der Waals surface area contributed by atoms with Crippen LogP contribution in [-0.2, 0) is 9.53 Å². The number of methoxy groups -OCH3 is 1. The molecule has 1 rings (SSSR count). The fourth-order valence-corrected chi connectivity index (χ4v) is 1.44. The van der Waals surface area contributed by atoms with E-state index >= 15 is 0 Å². The summed E-state index contributed by atoms with van der Waals surface area (Å²) < 4.78 is 23.2. The Bertz CT molecular complexity index is 415. The molecule has 0 aliphatic rings. The average molecular weight is 270 g/mol. The zero-order valence-corrected chi connectivity index (χ0v) is 11.1. The van der Waals surface area contributed by atoms with Crippen LogP contribution in [0.1, 0.15) is 6.92 Å². The number of ether oxygens (including phenoxy) is 2. The minimum atomic E-state index is -0.702. The van der Waals surface area contributed by atoms with E-state index in [1.165, 1.54) is 19.2 Å². The van der Waals surface area contributed by atoms with E-state index in [-0.39, 0.29) is 31.0 Å². The highest BCUT2D eigenvalue weighted by molar-refractivity contribution is 5.81. The van der Waals surface area contributed by atoms with Gasteiger partial charge in [0.2, 0.25) is 5.91 Å². The Labute approximate surface area is 111 Å². The minimum Gasteiger partial charge on any atom is -0.489 e. The van der Waals surface area contributed by atoms with Gasteiger partial charge in [-0.3, -0.25) is 4.79 Å². The van der Waals surface area contributed by atoms with E-state index in [0.29, 0.717) is 5.75 Å². The molecular formula is C13H19FN2O3. The molecule has 2 unspecified atom stereocenters. The van der Waals surface area contributed by atoms with Gasteiger partial charge in [-0.25, -0.2) is 4.39 Å². The lowest BCUT2D eigenvalue weighted by Crippen LogP contribution is -2.46. The van der Waals surface area contributed by atoms with Crippen LogP contribution >= 0.6 is 0 Å². The SMILES string of the molecule is COCC(N)C(=O)NCC(C)Oc1cccc(F)c1. The summed E-state index contributed by atoms with van der Waals surface area (Å²) >= 11 is 0. The van der Waals surface area contributed by atoms with Crippen LogP contribution in [0.25, 0.3) is 0 Å². The first-order chi connectivity index (χ1) is 9.02. The molecule has 0 spiro atoms. The van der Waals surface area contributed by atoms with E-state index in [2.05, 4.69) is 5.32 Å². The van der Waals surface area contributed by atoms with Crippen molar-refractivity contribution in [2.24, 2.45) is 5.73 Å². The van der Waals surface area contributed by atoms with Gasteiger partial charge in [0.1, 0.15) is 23.7 Å². The molecular weight excluding hydrogens is 251 g/mol. The molecule has 0 bridgehead atoms. The number of amides is 1. The molecule has 0 aliphatic heterocycles. The van der Waals surface area contributed by atoms with Crippen LogP contribution in [0.5, 0.6) is 5.75 Å². The molecule has 106 valence electrons. The highest BCUT2D eigenvalue weighted by Crippen LogP contribution is 2.13. The molecule has 6 heteroatoms. The van der Waals surface area contributed by atoms with Gasteiger partial charge in [0.05, 0.1) is 13.2 Å². The van der Waals surface area contributed by atoms with Crippen molar-refractivity contribution in [2.75, 3.05) is 20.3 Å². The molecule has 1 amide bonds. The third-order valence-corrected chi connectivity index (χ3v) is 2.38. The number of nitrogens with one attached hydrogen (secondary N) is 1. The third-order valence-electron chi connectivity index (χ3n) is 2.38. The van der Waals surface area contributed by atoms with Crippen LogP contribution in [0, 0.1) is 5.82 Å². The first kappa shape index (κ1) is 15.4. The molecule has 0 heterocycles. The zero-order valence-electron chi connectivity index (χ0n) is 11.1. The second-order valence-corrected chi connectivity index (χ2v) is 4.19. The number of rotatable bonds is 7. The summed E-state index contributed by atoms with van der Waals surface area (Å²) in [5.74, 6) is -0.254. The summed E-state index contributed by atoms with van der Waals surface area (Å²) in [7, 11) is 1.48. The van der Waals surface area contributed by atoms with Crippen LogP contribution in [0.2, 0.25) is 0 Å². The standard InChI is InChI=1S/C13H19FN2O3/c1-9(7-16-13(17)12(15)8-18-2)19-11-5-3-4-10(14)6-11/h3-6,9,12H,7-8,15H2,1-2H3,(H,16,17). The summed E-state index contributed by atoms with van der Waals surface area (Å²) in [4.78, 5) is 11.5. The first-order valence-corrected chi connectivity index (χ1v) is 5.97. The molecule has 3 N–H and O–H groups in total. The van der Waals surface area contributed by atoms with E-state index in [0.717, 1.165) is 0 Å². The maximum atomic E-state index is 12.9. The molecule has 0 aliphatic carbocycles. The Morgan fingerprint density at radius 3 is 2.89 bits per heavy atom. The van der Waals surface area contributed by atoms with Gasteiger partial charge in [-0.15, -0.1) is 0 Å². The maximum absolute atomic E-state index is 12.9. The van der Waals surface area contributed by atoms with Crippen molar-refractivity contribution in [3.63, 3.8) is 0 Å².